The van der Waals surface area contributed by atoms with E-state index in [-0.39, 0.29) is 18.6 Å². The van der Waals surface area contributed by atoms with Gasteiger partial charge in [0.25, 0.3) is 5.91 Å². The summed E-state index contributed by atoms with van der Waals surface area (Å²) in [5, 5.41) is 13.6. The summed E-state index contributed by atoms with van der Waals surface area (Å²) >= 11 is 0. The van der Waals surface area contributed by atoms with Crippen molar-refractivity contribution in [2.24, 2.45) is 5.16 Å². The Hall–Kier alpha value is -2.66. The van der Waals surface area contributed by atoms with Crippen LogP contribution in [0, 0.1) is 6.92 Å². The van der Waals surface area contributed by atoms with E-state index in [1.165, 1.54) is 7.11 Å². The predicted molar refractivity (Wildman–Crippen MR) is 97.6 cm³/mol. The molecular weight excluding hydrogens is 316 g/mol. The van der Waals surface area contributed by atoms with Gasteiger partial charge in [0.15, 0.2) is 0 Å². The van der Waals surface area contributed by atoms with E-state index in [1.807, 2.05) is 55.5 Å². The minimum Gasteiger partial charge on any atom is -0.399 e. The van der Waals surface area contributed by atoms with Crippen molar-refractivity contribution in [3.8, 4) is 11.1 Å². The van der Waals surface area contributed by atoms with Crippen molar-refractivity contribution in [3.63, 3.8) is 0 Å². The van der Waals surface area contributed by atoms with Crippen LogP contribution < -0.4 is 0 Å². The van der Waals surface area contributed by atoms with Crippen molar-refractivity contribution in [3.05, 3.63) is 59.7 Å². The van der Waals surface area contributed by atoms with Crippen LogP contribution in [0.2, 0.25) is 0 Å². The van der Waals surface area contributed by atoms with Gasteiger partial charge in [0.1, 0.15) is 7.11 Å². The Bertz CT molecular complexity index is 801. The lowest BCUT2D eigenvalue weighted by Gasteiger charge is -2.24. The zero-order chi connectivity index (χ0) is 17.8. The first-order valence-electron chi connectivity index (χ1n) is 8.31. The van der Waals surface area contributed by atoms with E-state index in [4.69, 9.17) is 4.84 Å². The molecule has 5 nitrogen and oxygen atoms in total. The Labute approximate surface area is 147 Å². The summed E-state index contributed by atoms with van der Waals surface area (Å²) in [4.78, 5) is 19.7. The van der Waals surface area contributed by atoms with Crippen LogP contribution >= 0.6 is 0 Å². The molecule has 2 aromatic carbocycles. The highest BCUT2D eigenvalue weighted by atomic mass is 16.6. The number of oxime groups is 1. The summed E-state index contributed by atoms with van der Waals surface area (Å²) in [5.74, 6) is -0.0980. The lowest BCUT2D eigenvalue weighted by Crippen LogP contribution is -2.38. The fourth-order valence-corrected chi connectivity index (χ4v) is 3.30. The maximum absolute atomic E-state index is 13.2. The molecule has 25 heavy (non-hydrogen) atoms. The monoisotopic (exact) mass is 338 g/mol. The van der Waals surface area contributed by atoms with Gasteiger partial charge < -0.3 is 14.8 Å². The molecule has 1 fully saturated rings. The molecule has 1 atom stereocenters. The van der Waals surface area contributed by atoms with E-state index < -0.39 is 0 Å². The SMILES string of the molecule is CO/N=C1\C[C@@H](CO)N(C(=O)c2ccccc2-c2ccccc2C)C1. The molecule has 1 N–H and O–H groups in total. The Morgan fingerprint density at radius 3 is 2.56 bits per heavy atom. The quantitative estimate of drug-likeness (QED) is 0.872. The van der Waals surface area contributed by atoms with Gasteiger partial charge >= 0.3 is 0 Å². The van der Waals surface area contributed by atoms with E-state index in [0.717, 1.165) is 22.4 Å². The summed E-state index contributed by atoms with van der Waals surface area (Å²) in [5.41, 5.74) is 4.46. The predicted octanol–water partition coefficient (Wildman–Crippen LogP) is 2.87. The zero-order valence-electron chi connectivity index (χ0n) is 14.5. The van der Waals surface area contributed by atoms with Crippen LogP contribution in [0.1, 0.15) is 22.3 Å². The normalized spacial score (nSPS) is 18.6. The first-order chi connectivity index (χ1) is 12.2. The molecule has 1 amide bonds. The molecule has 0 unspecified atom stereocenters. The Morgan fingerprint density at radius 2 is 1.88 bits per heavy atom. The first kappa shape index (κ1) is 17.2. The highest BCUT2D eigenvalue weighted by Gasteiger charge is 2.34. The molecule has 0 aliphatic carbocycles. The largest absolute Gasteiger partial charge is 0.399 e. The summed E-state index contributed by atoms with van der Waals surface area (Å²) in [6, 6.07) is 15.3. The van der Waals surface area contributed by atoms with Gasteiger partial charge in [-0.3, -0.25) is 4.79 Å². The number of aliphatic hydroxyl groups excluding tert-OH is 1. The lowest BCUT2D eigenvalue weighted by atomic mass is 9.95. The molecule has 1 saturated heterocycles. The third-order valence-corrected chi connectivity index (χ3v) is 4.55. The number of aryl methyl sites for hydroxylation is 1. The average molecular weight is 338 g/mol. The van der Waals surface area contributed by atoms with Crippen LogP contribution in [-0.2, 0) is 4.84 Å². The molecule has 5 heteroatoms. The number of benzene rings is 2. The number of carbonyl (C=O) groups excluding carboxylic acids is 1. The second-order valence-corrected chi connectivity index (χ2v) is 6.17. The standard InChI is InChI=1S/C20H22N2O3/c1-14-7-3-4-8-17(14)18-9-5-6-10-19(18)20(24)22-12-15(21-25-2)11-16(22)13-23/h3-10,16,23H,11-13H2,1-2H3/b21-15+/t16-/m0/s1. The second-order valence-electron chi connectivity index (χ2n) is 6.17. The van der Waals surface area contributed by atoms with Gasteiger partial charge in [-0.05, 0) is 29.7 Å². The molecule has 0 bridgehead atoms. The smallest absolute Gasteiger partial charge is 0.255 e. The number of hydrogen-bond donors (Lipinski definition) is 1. The molecule has 1 heterocycles. The van der Waals surface area contributed by atoms with Crippen molar-refractivity contribution in [2.75, 3.05) is 20.3 Å². The number of amides is 1. The topological polar surface area (TPSA) is 62.1 Å². The average Bonchev–Trinajstić information content (AvgIpc) is 3.05. The first-order valence-corrected chi connectivity index (χ1v) is 8.31. The Morgan fingerprint density at radius 1 is 1.20 bits per heavy atom. The Balaban J connectivity index is 1.99. The van der Waals surface area contributed by atoms with E-state index in [9.17, 15) is 9.90 Å². The number of nitrogens with zero attached hydrogens (tertiary/aromatic N) is 2. The maximum Gasteiger partial charge on any atom is 0.255 e. The van der Waals surface area contributed by atoms with E-state index in [2.05, 4.69) is 5.16 Å². The van der Waals surface area contributed by atoms with E-state index in [0.29, 0.717) is 18.5 Å². The number of likely N-dealkylation sites (tertiary alicyclic amines) is 1. The van der Waals surface area contributed by atoms with Crippen molar-refractivity contribution >= 4 is 11.6 Å². The van der Waals surface area contributed by atoms with Crippen LogP contribution in [0.5, 0.6) is 0 Å². The molecule has 0 spiro atoms. The van der Waals surface area contributed by atoms with Crippen LogP contribution in [0.4, 0.5) is 0 Å². The molecule has 130 valence electrons. The minimum atomic E-state index is -0.272. The van der Waals surface area contributed by atoms with Crippen LogP contribution in [-0.4, -0.2) is 47.9 Å². The van der Waals surface area contributed by atoms with Gasteiger partial charge in [0.05, 0.1) is 24.9 Å². The van der Waals surface area contributed by atoms with E-state index >= 15 is 0 Å². The van der Waals surface area contributed by atoms with E-state index in [1.54, 1.807) is 4.90 Å². The van der Waals surface area contributed by atoms with Crippen molar-refractivity contribution in [1.29, 1.82) is 0 Å². The fraction of sp³-hybridized carbons (Fsp3) is 0.300. The summed E-state index contributed by atoms with van der Waals surface area (Å²) < 4.78 is 0. The highest BCUT2D eigenvalue weighted by molar-refractivity contribution is 6.04. The van der Waals surface area contributed by atoms with Crippen LogP contribution in [0.25, 0.3) is 11.1 Å². The molecule has 0 saturated carbocycles. The van der Waals surface area contributed by atoms with Crippen LogP contribution in [0.15, 0.2) is 53.7 Å². The lowest BCUT2D eigenvalue weighted by molar-refractivity contribution is 0.0681. The number of hydrogen-bond acceptors (Lipinski definition) is 4. The van der Waals surface area contributed by atoms with Crippen molar-refractivity contribution in [1.82, 2.24) is 4.90 Å². The summed E-state index contributed by atoms with van der Waals surface area (Å²) in [6.07, 6.45) is 0.530. The van der Waals surface area contributed by atoms with Gasteiger partial charge in [0, 0.05) is 12.0 Å². The second kappa shape index (κ2) is 7.49. The number of aliphatic hydroxyl groups is 1. The van der Waals surface area contributed by atoms with Gasteiger partial charge in [-0.1, -0.05) is 47.6 Å². The van der Waals surface area contributed by atoms with Gasteiger partial charge in [0.2, 0.25) is 0 Å². The molecule has 1 aliphatic heterocycles. The molecular formula is C20H22N2O3. The molecule has 0 aromatic heterocycles. The van der Waals surface area contributed by atoms with Gasteiger partial charge in [-0.25, -0.2) is 0 Å². The van der Waals surface area contributed by atoms with Crippen molar-refractivity contribution in [2.45, 2.75) is 19.4 Å². The molecule has 1 aliphatic rings. The van der Waals surface area contributed by atoms with Gasteiger partial charge in [-0.15, -0.1) is 0 Å². The third-order valence-electron chi connectivity index (χ3n) is 4.55. The number of carbonyl (C=O) groups is 1. The number of rotatable bonds is 4. The maximum atomic E-state index is 13.2. The summed E-state index contributed by atoms with van der Waals surface area (Å²) in [6.45, 7) is 2.31. The van der Waals surface area contributed by atoms with Gasteiger partial charge in [-0.2, -0.15) is 0 Å². The minimum absolute atomic E-state index is 0.0962. The molecule has 3 rings (SSSR count). The highest BCUT2D eigenvalue weighted by Crippen LogP contribution is 2.29. The molecule has 0 radical (unpaired) electrons. The third kappa shape index (κ3) is 3.42. The molecule has 2 aromatic rings. The van der Waals surface area contributed by atoms with Crippen LogP contribution in [0.3, 0.4) is 0 Å². The zero-order valence-corrected chi connectivity index (χ0v) is 14.5. The summed E-state index contributed by atoms with van der Waals surface area (Å²) in [7, 11) is 1.49. The Kier molecular flexibility index (Phi) is 5.14. The fourth-order valence-electron chi connectivity index (χ4n) is 3.30. The van der Waals surface area contributed by atoms with Crippen molar-refractivity contribution < 1.29 is 14.7 Å².